The van der Waals surface area contributed by atoms with Gasteiger partial charge in [-0.3, -0.25) is 4.79 Å². The summed E-state index contributed by atoms with van der Waals surface area (Å²) in [6, 6.07) is 5.60. The lowest BCUT2D eigenvalue weighted by Gasteiger charge is -2.35. The molecule has 0 spiro atoms. The summed E-state index contributed by atoms with van der Waals surface area (Å²) in [5.41, 5.74) is 1.55. The highest BCUT2D eigenvalue weighted by molar-refractivity contribution is 7.18. The predicted molar refractivity (Wildman–Crippen MR) is 87.0 cm³/mol. The minimum absolute atomic E-state index is 0.203. The van der Waals surface area contributed by atoms with Gasteiger partial charge in [-0.05, 0) is 30.3 Å². The number of rotatable bonds is 4. The third-order valence-electron chi connectivity index (χ3n) is 3.95. The fourth-order valence-electron chi connectivity index (χ4n) is 1.59. The van der Waals surface area contributed by atoms with E-state index in [1.54, 1.807) is 11.3 Å². The summed E-state index contributed by atoms with van der Waals surface area (Å²) in [6.45, 7) is 11.7. The largest absolute Gasteiger partial charge is 0.410 e. The first-order valence-electron chi connectivity index (χ1n) is 6.71. The van der Waals surface area contributed by atoms with Gasteiger partial charge in [0.2, 0.25) is 0 Å². The maximum atomic E-state index is 10.8. The van der Waals surface area contributed by atoms with Crippen molar-refractivity contribution in [3.8, 4) is 0 Å². The molecule has 3 nitrogen and oxygen atoms in total. The molecule has 20 heavy (non-hydrogen) atoms. The van der Waals surface area contributed by atoms with E-state index in [-0.39, 0.29) is 5.04 Å². The van der Waals surface area contributed by atoms with Crippen molar-refractivity contribution in [2.45, 2.75) is 45.5 Å². The van der Waals surface area contributed by atoms with Gasteiger partial charge in [-0.15, -0.1) is 11.3 Å². The highest BCUT2D eigenvalue weighted by atomic mass is 32.1. The van der Waals surface area contributed by atoms with E-state index in [0.29, 0.717) is 12.2 Å². The van der Waals surface area contributed by atoms with Crippen LogP contribution in [0.15, 0.2) is 18.2 Å². The van der Waals surface area contributed by atoms with Gasteiger partial charge < -0.3 is 4.43 Å². The zero-order valence-corrected chi connectivity index (χ0v) is 14.5. The van der Waals surface area contributed by atoms with Crippen LogP contribution in [0.4, 0.5) is 0 Å². The molecule has 0 saturated carbocycles. The molecule has 0 bridgehead atoms. The van der Waals surface area contributed by atoms with Crippen LogP contribution in [0, 0.1) is 0 Å². The fourth-order valence-corrected chi connectivity index (χ4v) is 3.48. The van der Waals surface area contributed by atoms with Crippen molar-refractivity contribution in [2.24, 2.45) is 0 Å². The first-order valence-corrected chi connectivity index (χ1v) is 10.4. The van der Waals surface area contributed by atoms with E-state index >= 15 is 0 Å². The van der Waals surface area contributed by atoms with Gasteiger partial charge in [0, 0.05) is 5.56 Å². The quantitative estimate of drug-likeness (QED) is 0.610. The lowest BCUT2D eigenvalue weighted by Crippen LogP contribution is -2.40. The minimum Gasteiger partial charge on any atom is -0.410 e. The molecule has 2 rings (SSSR count). The second-order valence-electron chi connectivity index (χ2n) is 6.50. The number of carbonyl (C=O) groups excluding carboxylic acids is 1. The number of benzene rings is 1. The summed E-state index contributed by atoms with van der Waals surface area (Å²) in [5.74, 6) is 0. The Hall–Kier alpha value is -1.04. The Bertz CT molecular complexity index is 628. The van der Waals surface area contributed by atoms with Crippen LogP contribution in [0.1, 0.15) is 36.1 Å². The van der Waals surface area contributed by atoms with Gasteiger partial charge >= 0.3 is 0 Å². The summed E-state index contributed by atoms with van der Waals surface area (Å²) in [5, 5.41) is 1.18. The standard InChI is InChI=1S/C15H21NO2SSi/c1-15(2,3)20(4,5)18-10-14-16-12-8-11(9-17)6-7-13(12)19-14/h6-9H,10H2,1-5H3. The summed E-state index contributed by atoms with van der Waals surface area (Å²) < 4.78 is 7.28. The van der Waals surface area contributed by atoms with Gasteiger partial charge in [-0.1, -0.05) is 26.8 Å². The monoisotopic (exact) mass is 307 g/mol. The summed E-state index contributed by atoms with van der Waals surface area (Å²) in [6.07, 6.45) is 0.852. The Morgan fingerprint density at radius 3 is 2.65 bits per heavy atom. The fraction of sp³-hybridized carbons (Fsp3) is 0.467. The zero-order valence-electron chi connectivity index (χ0n) is 12.7. The van der Waals surface area contributed by atoms with E-state index in [1.165, 1.54) is 0 Å². The Kier molecular flexibility index (Phi) is 4.13. The van der Waals surface area contributed by atoms with Gasteiger partial charge in [0.1, 0.15) is 11.3 Å². The number of hydrogen-bond donors (Lipinski definition) is 0. The van der Waals surface area contributed by atoms with Crippen LogP contribution in [-0.2, 0) is 11.0 Å². The Morgan fingerprint density at radius 1 is 1.35 bits per heavy atom. The lowest BCUT2D eigenvalue weighted by molar-refractivity contribution is 0.112. The summed E-state index contributed by atoms with van der Waals surface area (Å²) in [7, 11) is -1.74. The number of hydrogen-bond acceptors (Lipinski definition) is 4. The van der Waals surface area contributed by atoms with E-state index in [9.17, 15) is 4.79 Å². The molecular formula is C15H21NO2SSi. The molecule has 108 valence electrons. The van der Waals surface area contributed by atoms with Crippen LogP contribution in [-0.4, -0.2) is 19.6 Å². The Morgan fingerprint density at radius 2 is 2.05 bits per heavy atom. The first kappa shape index (κ1) is 15.3. The average Bonchev–Trinajstić information content (AvgIpc) is 2.76. The SMILES string of the molecule is CC(C)(C)[Si](C)(C)OCc1nc2cc(C=O)ccc2s1. The van der Waals surface area contributed by atoms with E-state index in [2.05, 4.69) is 38.8 Å². The van der Waals surface area contributed by atoms with Crippen molar-refractivity contribution in [2.75, 3.05) is 0 Å². The highest BCUT2D eigenvalue weighted by Gasteiger charge is 2.37. The topological polar surface area (TPSA) is 39.2 Å². The predicted octanol–water partition coefficient (Wildman–Crippen LogP) is 4.63. The Labute approximate surface area is 125 Å². The van der Waals surface area contributed by atoms with E-state index in [4.69, 9.17) is 4.43 Å². The van der Waals surface area contributed by atoms with Gasteiger partial charge in [0.05, 0.1) is 16.8 Å². The molecule has 5 heteroatoms. The number of thiazole rings is 1. The van der Waals surface area contributed by atoms with Crippen LogP contribution >= 0.6 is 11.3 Å². The van der Waals surface area contributed by atoms with Crippen molar-refractivity contribution in [1.82, 2.24) is 4.98 Å². The van der Waals surface area contributed by atoms with Gasteiger partial charge in [-0.2, -0.15) is 0 Å². The number of aldehydes is 1. The molecule has 0 aliphatic heterocycles. The van der Waals surface area contributed by atoms with Crippen molar-refractivity contribution in [3.05, 3.63) is 28.8 Å². The van der Waals surface area contributed by atoms with E-state index in [1.807, 2.05) is 18.2 Å². The minimum atomic E-state index is -1.74. The zero-order chi connectivity index (χ0) is 15.0. The second-order valence-corrected chi connectivity index (χ2v) is 12.4. The van der Waals surface area contributed by atoms with Crippen molar-refractivity contribution in [3.63, 3.8) is 0 Å². The molecule has 0 unspecified atom stereocenters. The maximum absolute atomic E-state index is 10.8. The van der Waals surface area contributed by atoms with Crippen LogP contribution < -0.4 is 0 Å². The maximum Gasteiger partial charge on any atom is 0.192 e. The van der Waals surface area contributed by atoms with Crippen LogP contribution in [0.5, 0.6) is 0 Å². The highest BCUT2D eigenvalue weighted by Crippen LogP contribution is 2.37. The third kappa shape index (κ3) is 3.16. The van der Waals surface area contributed by atoms with Crippen molar-refractivity contribution >= 4 is 36.2 Å². The molecule has 1 aromatic heterocycles. The second kappa shape index (κ2) is 5.39. The normalized spacial score (nSPS) is 12.8. The molecule has 0 atom stereocenters. The molecule has 0 radical (unpaired) electrons. The molecule has 0 aliphatic carbocycles. The molecule has 0 aliphatic rings. The smallest absolute Gasteiger partial charge is 0.192 e. The molecule has 0 saturated heterocycles. The first-order chi connectivity index (χ1) is 9.23. The van der Waals surface area contributed by atoms with Gasteiger partial charge in [0.15, 0.2) is 8.32 Å². The molecule has 1 aromatic carbocycles. The van der Waals surface area contributed by atoms with Crippen LogP contribution in [0.2, 0.25) is 18.1 Å². The molecule has 0 N–H and O–H groups in total. The van der Waals surface area contributed by atoms with Gasteiger partial charge in [-0.25, -0.2) is 4.98 Å². The van der Waals surface area contributed by atoms with E-state index in [0.717, 1.165) is 21.5 Å². The molecule has 0 amide bonds. The number of aromatic nitrogens is 1. The molecular weight excluding hydrogens is 286 g/mol. The van der Waals surface area contributed by atoms with Crippen molar-refractivity contribution in [1.29, 1.82) is 0 Å². The molecule has 1 heterocycles. The Balaban J connectivity index is 2.17. The average molecular weight is 307 g/mol. The number of fused-ring (bicyclic) bond motifs is 1. The summed E-state index contributed by atoms with van der Waals surface area (Å²) >= 11 is 1.64. The third-order valence-corrected chi connectivity index (χ3v) is 9.44. The molecule has 0 fully saturated rings. The number of nitrogens with zero attached hydrogens (tertiary/aromatic N) is 1. The van der Waals surface area contributed by atoms with E-state index < -0.39 is 8.32 Å². The van der Waals surface area contributed by atoms with Gasteiger partial charge in [0.25, 0.3) is 0 Å². The lowest BCUT2D eigenvalue weighted by atomic mass is 10.2. The van der Waals surface area contributed by atoms with Crippen molar-refractivity contribution < 1.29 is 9.22 Å². The number of carbonyl (C=O) groups is 1. The van der Waals surface area contributed by atoms with Crippen LogP contribution in [0.3, 0.4) is 0 Å². The summed E-state index contributed by atoms with van der Waals surface area (Å²) in [4.78, 5) is 15.3. The van der Waals surface area contributed by atoms with Crippen LogP contribution in [0.25, 0.3) is 10.2 Å². The molecule has 2 aromatic rings.